The van der Waals surface area contributed by atoms with Gasteiger partial charge in [0.15, 0.2) is 11.6 Å². The number of carbonyl (C=O) groups is 2. The maximum Gasteiger partial charge on any atom is 0.256 e. The predicted octanol–water partition coefficient (Wildman–Crippen LogP) is 3.49. The minimum absolute atomic E-state index is 0.0904. The zero-order valence-corrected chi connectivity index (χ0v) is 20.3. The number of imidazole rings is 1. The topological polar surface area (TPSA) is 70.0 Å². The van der Waals surface area contributed by atoms with Gasteiger partial charge in [-0.3, -0.25) is 14.5 Å². The number of hydrogen-bond acceptors (Lipinski definition) is 4. The number of carbonyl (C=O) groups excluding carboxylic acids is 2. The van der Waals surface area contributed by atoms with E-state index in [1.165, 1.54) is 0 Å². The standard InChI is InChI=1S/C27H28F3N5O2/c28-17-11-20(25(30)21(29)12-17)18-4-10-33(26(37)19-3-1-8-34-16-31-13-23(19)34)14-22(18)32-24(36)15-35-9-2-5-27(35)6-7-27/h1,3,8,11-13,16,18,22H,2,4-7,9-10,14-15H2,(H,32,36)/t18-,22+/m0/s1. The van der Waals surface area contributed by atoms with Crippen molar-refractivity contribution in [2.75, 3.05) is 26.2 Å². The van der Waals surface area contributed by atoms with Crippen LogP contribution < -0.4 is 5.32 Å². The van der Waals surface area contributed by atoms with E-state index in [9.17, 15) is 22.8 Å². The number of piperidine rings is 1. The molecule has 3 aromatic rings. The van der Waals surface area contributed by atoms with E-state index in [4.69, 9.17) is 0 Å². The highest BCUT2D eigenvalue weighted by molar-refractivity contribution is 6.00. The smallest absolute Gasteiger partial charge is 0.256 e. The Labute approximate surface area is 212 Å². The molecule has 0 bridgehead atoms. The van der Waals surface area contributed by atoms with Gasteiger partial charge in [0.25, 0.3) is 5.91 Å². The third kappa shape index (κ3) is 4.37. The average Bonchev–Trinajstić information content (AvgIpc) is 3.32. The normalized spacial score (nSPS) is 23.1. The Balaban J connectivity index is 1.26. The third-order valence-electron chi connectivity index (χ3n) is 8.25. The second-order valence-corrected chi connectivity index (χ2v) is 10.5. The fourth-order valence-corrected chi connectivity index (χ4v) is 6.18. The Kier molecular flexibility index (Phi) is 5.94. The predicted molar refractivity (Wildman–Crippen MR) is 129 cm³/mol. The summed E-state index contributed by atoms with van der Waals surface area (Å²) in [5.74, 6) is -4.42. The quantitative estimate of drug-likeness (QED) is 0.533. The van der Waals surface area contributed by atoms with Crippen LogP contribution >= 0.6 is 0 Å². The van der Waals surface area contributed by atoms with E-state index in [0.29, 0.717) is 17.1 Å². The molecule has 2 amide bonds. The van der Waals surface area contributed by atoms with Gasteiger partial charge < -0.3 is 14.6 Å². The number of fused-ring (bicyclic) bond motifs is 1. The maximum absolute atomic E-state index is 14.8. The molecule has 4 heterocycles. The van der Waals surface area contributed by atoms with Crippen LogP contribution in [-0.2, 0) is 4.79 Å². The van der Waals surface area contributed by atoms with E-state index in [1.807, 2.05) is 0 Å². The first-order chi connectivity index (χ1) is 17.8. The van der Waals surface area contributed by atoms with Crippen molar-refractivity contribution < 1.29 is 22.8 Å². The molecule has 0 unspecified atom stereocenters. The summed E-state index contributed by atoms with van der Waals surface area (Å²) in [5, 5.41) is 2.99. The van der Waals surface area contributed by atoms with Gasteiger partial charge in [-0.05, 0) is 62.4 Å². The minimum atomic E-state index is -1.27. The monoisotopic (exact) mass is 511 g/mol. The molecule has 2 aromatic heterocycles. The first kappa shape index (κ1) is 24.0. The van der Waals surface area contributed by atoms with Crippen LogP contribution in [-0.4, -0.2) is 68.8 Å². The molecule has 6 rings (SSSR count). The Morgan fingerprint density at radius 2 is 1.97 bits per heavy atom. The van der Waals surface area contributed by atoms with Crippen LogP contribution in [0.5, 0.6) is 0 Å². The molecule has 1 N–H and O–H groups in total. The zero-order valence-electron chi connectivity index (χ0n) is 20.3. The Morgan fingerprint density at radius 1 is 1.14 bits per heavy atom. The van der Waals surface area contributed by atoms with Gasteiger partial charge in [-0.2, -0.15) is 0 Å². The van der Waals surface area contributed by atoms with Crippen LogP contribution in [0.4, 0.5) is 13.2 Å². The van der Waals surface area contributed by atoms with Crippen LogP contribution in [0.25, 0.3) is 5.52 Å². The molecule has 1 aromatic carbocycles. The zero-order chi connectivity index (χ0) is 25.7. The second kappa shape index (κ2) is 9.16. The molecular formula is C27H28F3N5O2. The van der Waals surface area contributed by atoms with Crippen molar-refractivity contribution in [3.05, 3.63) is 71.6 Å². The highest BCUT2D eigenvalue weighted by atomic mass is 19.2. The maximum atomic E-state index is 14.8. The highest BCUT2D eigenvalue weighted by Gasteiger charge is 2.51. The molecule has 2 aliphatic heterocycles. The molecular weight excluding hydrogens is 483 g/mol. The van der Waals surface area contributed by atoms with Crippen LogP contribution in [0.2, 0.25) is 0 Å². The summed E-state index contributed by atoms with van der Waals surface area (Å²) in [6.07, 6.45) is 9.55. The van der Waals surface area contributed by atoms with E-state index in [1.54, 1.807) is 40.2 Å². The summed E-state index contributed by atoms with van der Waals surface area (Å²) in [5.41, 5.74) is 1.12. The number of nitrogens with zero attached hydrogens (tertiary/aromatic N) is 4. The van der Waals surface area contributed by atoms with Gasteiger partial charge in [-0.15, -0.1) is 0 Å². The van der Waals surface area contributed by atoms with E-state index < -0.39 is 29.4 Å². The van der Waals surface area contributed by atoms with E-state index >= 15 is 0 Å². The number of amides is 2. The Hall–Kier alpha value is -3.40. The summed E-state index contributed by atoms with van der Waals surface area (Å²) in [6, 6.07) is 4.26. The van der Waals surface area contributed by atoms with E-state index in [2.05, 4.69) is 15.2 Å². The first-order valence-corrected chi connectivity index (χ1v) is 12.7. The van der Waals surface area contributed by atoms with Crippen molar-refractivity contribution in [3.63, 3.8) is 0 Å². The van der Waals surface area contributed by atoms with Gasteiger partial charge in [-0.1, -0.05) is 0 Å². The van der Waals surface area contributed by atoms with Crippen LogP contribution in [0.1, 0.15) is 53.9 Å². The third-order valence-corrected chi connectivity index (χ3v) is 8.25. The molecule has 3 aliphatic rings. The Morgan fingerprint density at radius 3 is 2.78 bits per heavy atom. The van der Waals surface area contributed by atoms with Crippen molar-refractivity contribution in [2.24, 2.45) is 0 Å². The molecule has 3 fully saturated rings. The summed E-state index contributed by atoms with van der Waals surface area (Å²) >= 11 is 0. The molecule has 37 heavy (non-hydrogen) atoms. The summed E-state index contributed by atoms with van der Waals surface area (Å²) in [6.45, 7) is 1.41. The fraction of sp³-hybridized carbons (Fsp3) is 0.444. The van der Waals surface area contributed by atoms with Gasteiger partial charge >= 0.3 is 0 Å². The molecule has 1 spiro atoms. The van der Waals surface area contributed by atoms with Crippen LogP contribution in [0.15, 0.2) is 43.0 Å². The molecule has 1 aliphatic carbocycles. The molecule has 2 atom stereocenters. The number of likely N-dealkylation sites (tertiary alicyclic amines) is 2. The van der Waals surface area contributed by atoms with Gasteiger partial charge in [0.2, 0.25) is 5.91 Å². The van der Waals surface area contributed by atoms with Crippen LogP contribution in [0.3, 0.4) is 0 Å². The number of pyridine rings is 1. The fourth-order valence-electron chi connectivity index (χ4n) is 6.18. The first-order valence-electron chi connectivity index (χ1n) is 12.7. The lowest BCUT2D eigenvalue weighted by molar-refractivity contribution is -0.123. The van der Waals surface area contributed by atoms with E-state index in [-0.39, 0.29) is 49.0 Å². The largest absolute Gasteiger partial charge is 0.350 e. The van der Waals surface area contributed by atoms with Gasteiger partial charge in [0, 0.05) is 36.8 Å². The highest BCUT2D eigenvalue weighted by Crippen LogP contribution is 2.49. The number of halogens is 3. The van der Waals surface area contributed by atoms with Crippen molar-refractivity contribution in [1.82, 2.24) is 24.5 Å². The molecule has 1 saturated carbocycles. The van der Waals surface area contributed by atoms with Gasteiger partial charge in [0.05, 0.1) is 36.2 Å². The van der Waals surface area contributed by atoms with Crippen molar-refractivity contribution in [3.8, 4) is 0 Å². The lowest BCUT2D eigenvalue weighted by Crippen LogP contribution is -2.55. The molecule has 0 radical (unpaired) electrons. The second-order valence-electron chi connectivity index (χ2n) is 10.5. The van der Waals surface area contributed by atoms with Crippen molar-refractivity contribution in [2.45, 2.75) is 49.6 Å². The lowest BCUT2D eigenvalue weighted by Gasteiger charge is -2.39. The average molecular weight is 512 g/mol. The summed E-state index contributed by atoms with van der Waals surface area (Å²) in [7, 11) is 0. The number of nitrogens with one attached hydrogen (secondary N) is 1. The van der Waals surface area contributed by atoms with Crippen molar-refractivity contribution in [1.29, 1.82) is 0 Å². The summed E-state index contributed by atoms with van der Waals surface area (Å²) in [4.78, 5) is 34.6. The molecule has 2 saturated heterocycles. The SMILES string of the molecule is O=C(CN1CCCC12CC2)N[C@@H]1CN(C(=O)c2cccn3cncc23)CC[C@H]1c1cc(F)cc(F)c1F. The van der Waals surface area contributed by atoms with Gasteiger partial charge in [-0.25, -0.2) is 18.2 Å². The number of aromatic nitrogens is 2. The van der Waals surface area contributed by atoms with Crippen LogP contribution in [0, 0.1) is 17.5 Å². The Bertz CT molecular complexity index is 1370. The number of rotatable bonds is 5. The molecule has 10 heteroatoms. The number of hydrogen-bond donors (Lipinski definition) is 1. The minimum Gasteiger partial charge on any atom is -0.350 e. The summed E-state index contributed by atoms with van der Waals surface area (Å²) < 4.78 is 44.8. The molecule has 194 valence electrons. The van der Waals surface area contributed by atoms with Gasteiger partial charge in [0.1, 0.15) is 5.82 Å². The van der Waals surface area contributed by atoms with Crippen molar-refractivity contribution >= 4 is 17.3 Å². The lowest BCUT2D eigenvalue weighted by atomic mass is 9.84. The number of benzene rings is 1. The van der Waals surface area contributed by atoms with E-state index in [0.717, 1.165) is 38.3 Å². The molecule has 7 nitrogen and oxygen atoms in total.